The lowest BCUT2D eigenvalue weighted by molar-refractivity contribution is 0.144. The summed E-state index contributed by atoms with van der Waals surface area (Å²) < 4.78 is 5.34. The number of nitriles is 1. The normalized spacial score (nSPS) is 16.9. The lowest BCUT2D eigenvalue weighted by Crippen LogP contribution is -2.35. The Morgan fingerprint density at radius 2 is 1.53 bits per heavy atom. The van der Waals surface area contributed by atoms with Gasteiger partial charge in [0, 0.05) is 6.04 Å². The van der Waals surface area contributed by atoms with E-state index < -0.39 is 5.41 Å². The van der Waals surface area contributed by atoms with Crippen molar-refractivity contribution in [2.75, 3.05) is 20.2 Å². The summed E-state index contributed by atoms with van der Waals surface area (Å²) >= 11 is 0. The molecule has 1 aliphatic heterocycles. The van der Waals surface area contributed by atoms with Crippen LogP contribution in [0.4, 0.5) is 0 Å². The van der Waals surface area contributed by atoms with Crippen LogP contribution in [0.3, 0.4) is 0 Å². The lowest BCUT2D eigenvalue weighted by atomic mass is 9.72. The number of piperidine rings is 1. The molecule has 0 saturated carbocycles. The molecule has 32 heavy (non-hydrogen) atoms. The van der Waals surface area contributed by atoms with Gasteiger partial charge in [-0.25, -0.2) is 0 Å². The summed E-state index contributed by atoms with van der Waals surface area (Å²) in [5.74, 6) is 0.903. The Kier molecular flexibility index (Phi) is 7.24. The van der Waals surface area contributed by atoms with Crippen molar-refractivity contribution >= 4 is 0 Å². The van der Waals surface area contributed by atoms with E-state index in [2.05, 4.69) is 59.5 Å². The molecule has 164 valence electrons. The van der Waals surface area contributed by atoms with E-state index in [9.17, 15) is 5.26 Å². The molecule has 3 nitrogen and oxygen atoms in total. The first-order chi connectivity index (χ1) is 15.8. The molecule has 1 aliphatic rings. The van der Waals surface area contributed by atoms with Crippen molar-refractivity contribution in [3.63, 3.8) is 0 Å². The number of hydrogen-bond acceptors (Lipinski definition) is 3. The number of nitrogens with zero attached hydrogens (tertiary/aromatic N) is 2. The van der Waals surface area contributed by atoms with Crippen LogP contribution in [-0.2, 0) is 5.41 Å². The molecule has 0 spiro atoms. The molecule has 1 unspecified atom stereocenters. The molecule has 3 heteroatoms. The zero-order valence-corrected chi connectivity index (χ0v) is 18.9. The van der Waals surface area contributed by atoms with E-state index in [1.54, 1.807) is 7.11 Å². The second-order valence-corrected chi connectivity index (χ2v) is 8.67. The van der Waals surface area contributed by atoms with E-state index in [1.165, 1.54) is 24.8 Å². The number of methoxy groups -OCH3 is 1. The van der Waals surface area contributed by atoms with Crippen molar-refractivity contribution in [2.24, 2.45) is 0 Å². The van der Waals surface area contributed by atoms with Crippen LogP contribution in [0.5, 0.6) is 5.75 Å². The van der Waals surface area contributed by atoms with Crippen molar-refractivity contribution in [1.29, 1.82) is 5.26 Å². The topological polar surface area (TPSA) is 36.3 Å². The maximum atomic E-state index is 10.4. The SMILES string of the molecule is COc1ccc(C2CCCCN2CCCC(C#N)(c2ccccc2)c2ccccc2)cc1. The first kappa shape index (κ1) is 22.1. The van der Waals surface area contributed by atoms with Crippen LogP contribution in [0.1, 0.15) is 54.8 Å². The van der Waals surface area contributed by atoms with Crippen LogP contribution in [0.15, 0.2) is 84.9 Å². The van der Waals surface area contributed by atoms with Crippen LogP contribution in [0.2, 0.25) is 0 Å². The Bertz CT molecular complexity index is 969. The highest BCUT2D eigenvalue weighted by atomic mass is 16.5. The number of likely N-dealkylation sites (tertiary alicyclic amines) is 1. The van der Waals surface area contributed by atoms with Gasteiger partial charge in [0.05, 0.1) is 13.2 Å². The number of hydrogen-bond donors (Lipinski definition) is 0. The second kappa shape index (κ2) is 10.5. The van der Waals surface area contributed by atoms with Crippen LogP contribution in [0.25, 0.3) is 0 Å². The summed E-state index contributed by atoms with van der Waals surface area (Å²) in [6.07, 6.45) is 5.48. The molecule has 0 aromatic heterocycles. The third kappa shape index (κ3) is 4.71. The number of rotatable bonds is 8. The molecule has 3 aromatic carbocycles. The summed E-state index contributed by atoms with van der Waals surface area (Å²) in [6, 6.07) is 32.2. The zero-order chi connectivity index (χ0) is 22.2. The Morgan fingerprint density at radius 3 is 2.09 bits per heavy atom. The molecule has 0 amide bonds. The first-order valence-corrected chi connectivity index (χ1v) is 11.7. The molecular formula is C29H32N2O. The Balaban J connectivity index is 1.52. The van der Waals surface area contributed by atoms with Crippen molar-refractivity contribution in [3.8, 4) is 11.8 Å². The molecule has 1 fully saturated rings. The van der Waals surface area contributed by atoms with Crippen molar-refractivity contribution < 1.29 is 4.74 Å². The Hall–Kier alpha value is -3.09. The van der Waals surface area contributed by atoms with Gasteiger partial charge in [-0.2, -0.15) is 5.26 Å². The number of ether oxygens (including phenoxy) is 1. The maximum Gasteiger partial charge on any atom is 0.118 e. The standard InChI is InChI=1S/C29H32N2O/c1-32-27-18-16-24(17-19-27)28-15-8-9-21-31(28)22-10-20-29(23-30,25-11-4-2-5-12-25)26-13-6-3-7-14-26/h2-7,11-14,16-19,28H,8-10,15,20-22H2,1H3. The molecular weight excluding hydrogens is 392 g/mol. The molecule has 0 aliphatic carbocycles. The Labute approximate surface area is 192 Å². The fourth-order valence-electron chi connectivity index (χ4n) is 5.10. The summed E-state index contributed by atoms with van der Waals surface area (Å²) in [4.78, 5) is 2.61. The first-order valence-electron chi connectivity index (χ1n) is 11.7. The van der Waals surface area contributed by atoms with Crippen LogP contribution in [-0.4, -0.2) is 25.1 Å². The molecule has 0 bridgehead atoms. The third-order valence-electron chi connectivity index (χ3n) is 6.84. The van der Waals surface area contributed by atoms with Gasteiger partial charge in [0.1, 0.15) is 11.2 Å². The van der Waals surface area contributed by atoms with Gasteiger partial charge >= 0.3 is 0 Å². The minimum atomic E-state index is -0.617. The van der Waals surface area contributed by atoms with Crippen LogP contribution in [0, 0.1) is 11.3 Å². The predicted octanol–water partition coefficient (Wildman–Crippen LogP) is 6.51. The van der Waals surface area contributed by atoms with Gasteiger partial charge in [-0.1, -0.05) is 79.2 Å². The molecule has 0 radical (unpaired) electrons. The smallest absolute Gasteiger partial charge is 0.118 e. The van der Waals surface area contributed by atoms with Gasteiger partial charge in [-0.3, -0.25) is 4.90 Å². The van der Waals surface area contributed by atoms with E-state index in [4.69, 9.17) is 4.74 Å². The molecule has 1 saturated heterocycles. The van der Waals surface area contributed by atoms with Gasteiger partial charge in [0.2, 0.25) is 0 Å². The largest absolute Gasteiger partial charge is 0.497 e. The molecule has 3 aromatic rings. The monoisotopic (exact) mass is 424 g/mol. The van der Waals surface area contributed by atoms with E-state index in [0.29, 0.717) is 6.04 Å². The van der Waals surface area contributed by atoms with Crippen molar-refractivity contribution in [3.05, 3.63) is 102 Å². The minimum absolute atomic E-state index is 0.444. The number of benzene rings is 3. The fourth-order valence-corrected chi connectivity index (χ4v) is 5.10. The molecule has 0 N–H and O–H groups in total. The summed E-state index contributed by atoms with van der Waals surface area (Å²) in [5, 5.41) is 10.4. The van der Waals surface area contributed by atoms with E-state index in [1.807, 2.05) is 36.4 Å². The van der Waals surface area contributed by atoms with Gasteiger partial charge in [0.25, 0.3) is 0 Å². The van der Waals surface area contributed by atoms with E-state index >= 15 is 0 Å². The van der Waals surface area contributed by atoms with Gasteiger partial charge in [0.15, 0.2) is 0 Å². The Morgan fingerprint density at radius 1 is 0.906 bits per heavy atom. The van der Waals surface area contributed by atoms with Crippen LogP contribution < -0.4 is 4.74 Å². The summed E-state index contributed by atoms with van der Waals surface area (Å²) in [5.41, 5.74) is 2.91. The quantitative estimate of drug-likeness (QED) is 0.413. The van der Waals surface area contributed by atoms with Gasteiger partial charge in [-0.15, -0.1) is 0 Å². The van der Waals surface area contributed by atoms with E-state index in [-0.39, 0.29) is 0 Å². The average molecular weight is 425 g/mol. The summed E-state index contributed by atoms with van der Waals surface area (Å²) in [7, 11) is 1.71. The molecule has 1 atom stereocenters. The van der Waals surface area contributed by atoms with Crippen molar-refractivity contribution in [1.82, 2.24) is 4.90 Å². The second-order valence-electron chi connectivity index (χ2n) is 8.67. The third-order valence-corrected chi connectivity index (χ3v) is 6.84. The highest BCUT2D eigenvalue weighted by Gasteiger charge is 2.34. The maximum absolute atomic E-state index is 10.4. The van der Waals surface area contributed by atoms with Crippen molar-refractivity contribution in [2.45, 2.75) is 43.6 Å². The lowest BCUT2D eigenvalue weighted by Gasteiger charge is -2.37. The highest BCUT2D eigenvalue weighted by Crippen LogP contribution is 2.37. The molecule has 4 rings (SSSR count). The average Bonchev–Trinajstić information content (AvgIpc) is 2.88. The molecule has 1 heterocycles. The highest BCUT2D eigenvalue weighted by molar-refractivity contribution is 5.45. The fraction of sp³-hybridized carbons (Fsp3) is 0.345. The zero-order valence-electron chi connectivity index (χ0n) is 18.9. The van der Waals surface area contributed by atoms with E-state index in [0.717, 1.165) is 42.8 Å². The summed E-state index contributed by atoms with van der Waals surface area (Å²) in [6.45, 7) is 2.12. The van der Waals surface area contributed by atoms with Gasteiger partial charge in [-0.05, 0) is 67.6 Å². The van der Waals surface area contributed by atoms with Gasteiger partial charge < -0.3 is 4.74 Å². The van der Waals surface area contributed by atoms with Crippen LogP contribution >= 0.6 is 0 Å². The predicted molar refractivity (Wildman–Crippen MR) is 130 cm³/mol. The minimum Gasteiger partial charge on any atom is -0.497 e.